The first kappa shape index (κ1) is 14.7. The van der Waals surface area contributed by atoms with Crippen molar-refractivity contribution in [1.82, 2.24) is 9.97 Å². The molecule has 0 spiro atoms. The fourth-order valence-corrected chi connectivity index (χ4v) is 1.71. The molecule has 8 nitrogen and oxygen atoms in total. The minimum atomic E-state index is -0.628. The molecule has 1 heterocycles. The van der Waals surface area contributed by atoms with Gasteiger partial charge in [0, 0.05) is 17.8 Å². The van der Waals surface area contributed by atoms with Crippen molar-refractivity contribution >= 4 is 29.0 Å². The Morgan fingerprint density at radius 2 is 2.19 bits per heavy atom. The van der Waals surface area contributed by atoms with Crippen molar-refractivity contribution in [3.05, 3.63) is 51.4 Å². The van der Waals surface area contributed by atoms with E-state index in [1.807, 2.05) is 0 Å². The molecule has 0 aliphatic rings. The van der Waals surface area contributed by atoms with Crippen LogP contribution in [0, 0.1) is 10.1 Å². The number of halogens is 1. The molecule has 0 aliphatic carbocycles. The van der Waals surface area contributed by atoms with Crippen LogP contribution in [0.2, 0.25) is 5.28 Å². The van der Waals surface area contributed by atoms with Crippen molar-refractivity contribution in [3.63, 3.8) is 0 Å². The molecule has 0 aliphatic heterocycles. The molecule has 1 amide bonds. The van der Waals surface area contributed by atoms with Gasteiger partial charge in [-0.1, -0.05) is 0 Å². The second-order valence-electron chi connectivity index (χ2n) is 3.81. The number of nitrogens with zero attached hydrogens (tertiary/aromatic N) is 3. The number of hydrogen-bond donors (Lipinski definition) is 1. The standard InChI is InChI=1S/C12H9ClN4O4/c1-21-9-3-2-7(6-8(9)17(19)20)11(18)15-10-4-5-14-12(13)16-10/h2-6H,1H3,(H,14,15,16,18). The lowest BCUT2D eigenvalue weighted by Gasteiger charge is -2.06. The maximum Gasteiger partial charge on any atom is 0.311 e. The Hall–Kier alpha value is -2.74. The topological polar surface area (TPSA) is 107 Å². The van der Waals surface area contributed by atoms with Crippen LogP contribution in [0.25, 0.3) is 0 Å². The summed E-state index contributed by atoms with van der Waals surface area (Å²) < 4.78 is 4.86. The van der Waals surface area contributed by atoms with Crippen LogP contribution in [0.4, 0.5) is 11.5 Å². The van der Waals surface area contributed by atoms with Crippen LogP contribution < -0.4 is 10.1 Å². The summed E-state index contributed by atoms with van der Waals surface area (Å²) >= 11 is 5.60. The highest BCUT2D eigenvalue weighted by Gasteiger charge is 2.18. The third kappa shape index (κ3) is 3.42. The Kier molecular flexibility index (Phi) is 4.29. The fraction of sp³-hybridized carbons (Fsp3) is 0.0833. The van der Waals surface area contributed by atoms with Crippen molar-refractivity contribution in [3.8, 4) is 5.75 Å². The van der Waals surface area contributed by atoms with E-state index in [1.165, 1.54) is 31.5 Å². The van der Waals surface area contributed by atoms with Crippen LogP contribution in [-0.2, 0) is 0 Å². The Morgan fingerprint density at radius 1 is 1.43 bits per heavy atom. The molecular weight excluding hydrogens is 300 g/mol. The summed E-state index contributed by atoms with van der Waals surface area (Å²) in [4.78, 5) is 29.8. The minimum Gasteiger partial charge on any atom is -0.490 e. The third-order valence-electron chi connectivity index (χ3n) is 2.51. The number of carbonyl (C=O) groups is 1. The van der Waals surface area contributed by atoms with Crippen molar-refractivity contribution in [2.45, 2.75) is 0 Å². The van der Waals surface area contributed by atoms with Crippen LogP contribution in [0.15, 0.2) is 30.5 Å². The molecule has 1 N–H and O–H groups in total. The largest absolute Gasteiger partial charge is 0.490 e. The van der Waals surface area contributed by atoms with Crippen molar-refractivity contribution in [2.75, 3.05) is 12.4 Å². The van der Waals surface area contributed by atoms with E-state index in [1.54, 1.807) is 0 Å². The predicted octanol–water partition coefficient (Wildman–Crippen LogP) is 2.30. The molecule has 2 rings (SSSR count). The summed E-state index contributed by atoms with van der Waals surface area (Å²) in [6.45, 7) is 0. The highest BCUT2D eigenvalue weighted by atomic mass is 35.5. The van der Waals surface area contributed by atoms with E-state index in [4.69, 9.17) is 16.3 Å². The average Bonchev–Trinajstić information content (AvgIpc) is 2.46. The predicted molar refractivity (Wildman–Crippen MR) is 74.6 cm³/mol. The number of aromatic nitrogens is 2. The second kappa shape index (κ2) is 6.14. The lowest BCUT2D eigenvalue weighted by molar-refractivity contribution is -0.385. The Morgan fingerprint density at radius 3 is 2.81 bits per heavy atom. The molecule has 2 aromatic rings. The summed E-state index contributed by atoms with van der Waals surface area (Å²) in [6, 6.07) is 5.32. The van der Waals surface area contributed by atoms with Gasteiger partial charge in [-0.3, -0.25) is 14.9 Å². The Labute approximate surface area is 123 Å². The fourth-order valence-electron chi connectivity index (χ4n) is 1.57. The molecule has 21 heavy (non-hydrogen) atoms. The highest BCUT2D eigenvalue weighted by Crippen LogP contribution is 2.27. The van der Waals surface area contributed by atoms with Gasteiger partial charge in [-0.25, -0.2) is 9.97 Å². The second-order valence-corrected chi connectivity index (χ2v) is 4.15. The third-order valence-corrected chi connectivity index (χ3v) is 2.69. The first-order valence-electron chi connectivity index (χ1n) is 5.63. The van der Waals surface area contributed by atoms with Gasteiger partial charge in [-0.2, -0.15) is 0 Å². The van der Waals surface area contributed by atoms with Gasteiger partial charge in [0.15, 0.2) is 5.75 Å². The van der Waals surface area contributed by atoms with Crippen LogP contribution in [0.1, 0.15) is 10.4 Å². The summed E-state index contributed by atoms with van der Waals surface area (Å²) in [6.07, 6.45) is 1.38. The smallest absolute Gasteiger partial charge is 0.311 e. The Bertz CT molecular complexity index is 707. The zero-order chi connectivity index (χ0) is 15.4. The number of benzene rings is 1. The first-order chi connectivity index (χ1) is 10.0. The molecule has 1 aromatic carbocycles. The Balaban J connectivity index is 2.27. The summed E-state index contributed by atoms with van der Waals surface area (Å²) in [5.74, 6) is -0.296. The zero-order valence-electron chi connectivity index (χ0n) is 10.7. The molecule has 0 radical (unpaired) electrons. The van der Waals surface area contributed by atoms with Crippen LogP contribution in [0.3, 0.4) is 0 Å². The average molecular weight is 309 g/mol. The van der Waals surface area contributed by atoms with Crippen LogP contribution in [-0.4, -0.2) is 27.9 Å². The SMILES string of the molecule is COc1ccc(C(=O)Nc2ccnc(Cl)n2)cc1[N+](=O)[O-]. The number of nitro groups is 1. The van der Waals surface area contributed by atoms with Crippen LogP contribution >= 0.6 is 11.6 Å². The number of nitro benzene ring substituents is 1. The normalized spacial score (nSPS) is 10.0. The number of amides is 1. The molecule has 1 aromatic heterocycles. The van der Waals surface area contributed by atoms with E-state index in [9.17, 15) is 14.9 Å². The zero-order valence-corrected chi connectivity index (χ0v) is 11.5. The summed E-state index contributed by atoms with van der Waals surface area (Å²) in [7, 11) is 1.31. The monoisotopic (exact) mass is 308 g/mol. The maximum absolute atomic E-state index is 12.0. The van der Waals surface area contributed by atoms with E-state index < -0.39 is 10.8 Å². The molecular formula is C12H9ClN4O4. The van der Waals surface area contributed by atoms with E-state index in [2.05, 4.69) is 15.3 Å². The molecule has 0 bridgehead atoms. The van der Waals surface area contributed by atoms with Gasteiger partial charge in [0.25, 0.3) is 5.91 Å². The minimum absolute atomic E-state index is 0.0199. The quantitative estimate of drug-likeness (QED) is 0.527. The lowest BCUT2D eigenvalue weighted by atomic mass is 10.1. The van der Waals surface area contributed by atoms with Gasteiger partial charge in [-0.15, -0.1) is 0 Å². The van der Waals surface area contributed by atoms with Gasteiger partial charge >= 0.3 is 5.69 Å². The summed E-state index contributed by atoms with van der Waals surface area (Å²) in [5.41, 5.74) is -0.205. The molecule has 0 saturated carbocycles. The lowest BCUT2D eigenvalue weighted by Crippen LogP contribution is -2.13. The van der Waals surface area contributed by atoms with E-state index in [0.29, 0.717) is 0 Å². The van der Waals surface area contributed by atoms with Crippen molar-refractivity contribution in [2.24, 2.45) is 0 Å². The number of anilines is 1. The number of rotatable bonds is 4. The van der Waals surface area contributed by atoms with E-state index in [0.717, 1.165) is 6.07 Å². The molecule has 108 valence electrons. The van der Waals surface area contributed by atoms with Gasteiger partial charge in [0.2, 0.25) is 5.28 Å². The van der Waals surface area contributed by atoms with Crippen LogP contribution in [0.5, 0.6) is 5.75 Å². The van der Waals surface area contributed by atoms with E-state index >= 15 is 0 Å². The number of nitrogens with one attached hydrogen (secondary N) is 1. The number of carbonyl (C=O) groups excluding carboxylic acids is 1. The molecule has 0 saturated heterocycles. The summed E-state index contributed by atoms with van der Waals surface area (Å²) in [5, 5.41) is 13.4. The maximum atomic E-state index is 12.0. The van der Waals surface area contributed by atoms with Gasteiger partial charge in [0.1, 0.15) is 5.82 Å². The molecule has 0 fully saturated rings. The molecule has 0 atom stereocenters. The molecule has 0 unspecified atom stereocenters. The number of ether oxygens (including phenoxy) is 1. The van der Waals surface area contributed by atoms with Gasteiger partial charge in [-0.05, 0) is 29.8 Å². The van der Waals surface area contributed by atoms with E-state index in [-0.39, 0.29) is 28.1 Å². The van der Waals surface area contributed by atoms with Gasteiger partial charge in [0.05, 0.1) is 12.0 Å². The first-order valence-corrected chi connectivity index (χ1v) is 6.01. The van der Waals surface area contributed by atoms with Crippen molar-refractivity contribution < 1.29 is 14.5 Å². The van der Waals surface area contributed by atoms with Crippen molar-refractivity contribution in [1.29, 1.82) is 0 Å². The van der Waals surface area contributed by atoms with Gasteiger partial charge < -0.3 is 10.1 Å². The molecule has 9 heteroatoms. The highest BCUT2D eigenvalue weighted by molar-refractivity contribution is 6.28. The number of methoxy groups -OCH3 is 1. The number of hydrogen-bond acceptors (Lipinski definition) is 6.